The number of nitro benzene ring substituents is 1. The highest BCUT2D eigenvalue weighted by Gasteiger charge is 2.36. The van der Waals surface area contributed by atoms with Gasteiger partial charge in [-0.1, -0.05) is 0 Å². The highest BCUT2D eigenvalue weighted by Crippen LogP contribution is 2.26. The Hall–Kier alpha value is -3.63. The number of carboxylic acid groups (broad SMARTS) is 1. The molecule has 184 valence electrons. The fourth-order valence-corrected chi connectivity index (χ4v) is 4.99. The quantitative estimate of drug-likeness (QED) is 0.380. The topological polar surface area (TPSA) is 202 Å². The van der Waals surface area contributed by atoms with Crippen LogP contribution in [0.1, 0.15) is 6.92 Å². The maximum absolute atomic E-state index is 13.1. The molecule has 1 saturated heterocycles. The van der Waals surface area contributed by atoms with Gasteiger partial charge in [0.05, 0.1) is 22.0 Å². The molecule has 0 unspecified atom stereocenters. The molecular formula is C18H22N6O9S. The van der Waals surface area contributed by atoms with Gasteiger partial charge in [-0.15, -0.1) is 0 Å². The van der Waals surface area contributed by atoms with Crippen LogP contribution in [0, 0.1) is 20.2 Å². The first kappa shape index (κ1) is 25.0. The van der Waals surface area contributed by atoms with Crippen molar-refractivity contribution in [3.05, 3.63) is 50.7 Å². The molecule has 1 aliphatic rings. The van der Waals surface area contributed by atoms with Crippen molar-refractivity contribution in [2.75, 3.05) is 32.7 Å². The Balaban J connectivity index is 1.86. The first-order valence-corrected chi connectivity index (χ1v) is 11.4. The van der Waals surface area contributed by atoms with Crippen molar-refractivity contribution in [3.63, 3.8) is 0 Å². The molecule has 1 aromatic carbocycles. The summed E-state index contributed by atoms with van der Waals surface area (Å²) in [5.41, 5.74) is -1.89. The molecule has 2 aromatic rings. The molecule has 15 nitrogen and oxygen atoms in total. The third-order valence-corrected chi connectivity index (χ3v) is 6.93. The van der Waals surface area contributed by atoms with Crippen LogP contribution in [0.2, 0.25) is 0 Å². The molecule has 2 heterocycles. The summed E-state index contributed by atoms with van der Waals surface area (Å²) in [6, 6.07) is 3.97. The van der Waals surface area contributed by atoms with Crippen molar-refractivity contribution in [3.8, 4) is 0 Å². The summed E-state index contributed by atoms with van der Waals surface area (Å²) in [5, 5.41) is 41.4. The van der Waals surface area contributed by atoms with Gasteiger partial charge in [0.15, 0.2) is 0 Å². The number of piperazine rings is 1. The summed E-state index contributed by atoms with van der Waals surface area (Å²) in [4.78, 5) is 37.9. The van der Waals surface area contributed by atoms with E-state index in [-0.39, 0.29) is 36.8 Å². The molecule has 34 heavy (non-hydrogen) atoms. The van der Waals surface area contributed by atoms with Crippen LogP contribution in [0.5, 0.6) is 0 Å². The van der Waals surface area contributed by atoms with Crippen LogP contribution >= 0.6 is 0 Å². The first-order valence-electron chi connectivity index (χ1n) is 9.94. The lowest BCUT2D eigenvalue weighted by Crippen LogP contribution is -2.53. The second kappa shape index (κ2) is 9.32. The summed E-state index contributed by atoms with van der Waals surface area (Å²) in [6.07, 6.45) is -0.145. The number of β-amino-alcohol motifs (C(OH)–C–C–N with tert-alkyl or cyclic N) is 1. The molecule has 16 heteroatoms. The maximum atomic E-state index is 13.1. The van der Waals surface area contributed by atoms with E-state index in [0.29, 0.717) is 13.1 Å². The number of nitrogens with zero attached hydrogens (tertiary/aromatic N) is 6. The third-order valence-electron chi connectivity index (χ3n) is 5.23. The Morgan fingerprint density at radius 3 is 2.18 bits per heavy atom. The molecule has 0 aliphatic carbocycles. The third kappa shape index (κ3) is 5.46. The van der Waals surface area contributed by atoms with E-state index in [2.05, 4.69) is 4.98 Å². The molecule has 0 radical (unpaired) electrons. The van der Waals surface area contributed by atoms with E-state index in [9.17, 15) is 38.5 Å². The number of imidazole rings is 1. The van der Waals surface area contributed by atoms with Crippen LogP contribution in [0.3, 0.4) is 0 Å². The Kier molecular flexibility index (Phi) is 6.85. The minimum Gasteiger partial charge on any atom is -0.465 e. The van der Waals surface area contributed by atoms with Gasteiger partial charge in [0.2, 0.25) is 0 Å². The lowest BCUT2D eigenvalue weighted by Gasteiger charge is -2.37. The summed E-state index contributed by atoms with van der Waals surface area (Å²) in [5.74, 6) is -0.744. The number of rotatable bonds is 8. The van der Waals surface area contributed by atoms with E-state index < -0.39 is 42.4 Å². The largest absolute Gasteiger partial charge is 0.465 e. The number of benzene rings is 1. The van der Waals surface area contributed by atoms with Crippen LogP contribution in [0.15, 0.2) is 40.5 Å². The molecule has 0 spiro atoms. The maximum Gasteiger partial charge on any atom is 0.407 e. The second-order valence-corrected chi connectivity index (χ2v) is 9.91. The molecule has 0 bridgehead atoms. The zero-order valence-electron chi connectivity index (χ0n) is 18.0. The SMILES string of the molecule is C[C@](O)(CN1CCN(C(=O)O)CC1)Cn1cc([N+](=O)[O-])nc1S(=O)(=O)c1ccc([N+](=O)[O-])cc1. The average Bonchev–Trinajstić information content (AvgIpc) is 3.18. The van der Waals surface area contributed by atoms with Crippen molar-refractivity contribution < 1.29 is 33.3 Å². The first-order chi connectivity index (χ1) is 15.8. The number of non-ortho nitro benzene ring substituents is 1. The van der Waals surface area contributed by atoms with Crippen molar-refractivity contribution in [1.82, 2.24) is 19.4 Å². The van der Waals surface area contributed by atoms with E-state index >= 15 is 0 Å². The van der Waals surface area contributed by atoms with Gasteiger partial charge in [0.1, 0.15) is 6.20 Å². The highest BCUT2D eigenvalue weighted by molar-refractivity contribution is 7.91. The lowest BCUT2D eigenvalue weighted by atomic mass is 10.1. The van der Waals surface area contributed by atoms with Crippen molar-refractivity contribution >= 4 is 27.4 Å². The Bertz CT molecular complexity index is 1200. The van der Waals surface area contributed by atoms with Crippen LogP contribution < -0.4 is 0 Å². The monoisotopic (exact) mass is 498 g/mol. The van der Waals surface area contributed by atoms with Gasteiger partial charge >= 0.3 is 17.1 Å². The predicted octanol–water partition coefficient (Wildman–Crippen LogP) is 0.579. The Morgan fingerprint density at radius 2 is 1.68 bits per heavy atom. The molecule has 1 aromatic heterocycles. The van der Waals surface area contributed by atoms with Gasteiger partial charge in [-0.25, -0.2) is 13.2 Å². The molecule has 1 fully saturated rings. The fourth-order valence-electron chi connectivity index (χ4n) is 3.65. The molecule has 1 atom stereocenters. The highest BCUT2D eigenvalue weighted by atomic mass is 32.2. The van der Waals surface area contributed by atoms with E-state index in [1.807, 2.05) is 0 Å². The second-order valence-electron chi connectivity index (χ2n) is 8.06. The van der Waals surface area contributed by atoms with Crippen molar-refractivity contribution in [2.24, 2.45) is 0 Å². The van der Waals surface area contributed by atoms with Gasteiger partial charge in [0, 0.05) is 44.9 Å². The zero-order valence-corrected chi connectivity index (χ0v) is 18.8. The van der Waals surface area contributed by atoms with Crippen LogP contribution in [0.25, 0.3) is 0 Å². The number of aliphatic hydroxyl groups is 1. The Morgan fingerprint density at radius 1 is 1.09 bits per heavy atom. The zero-order chi connectivity index (χ0) is 25.3. The van der Waals surface area contributed by atoms with E-state index in [0.717, 1.165) is 35.0 Å². The van der Waals surface area contributed by atoms with Gasteiger partial charge in [-0.2, -0.15) is 0 Å². The summed E-state index contributed by atoms with van der Waals surface area (Å²) in [6.45, 7) is 2.27. The van der Waals surface area contributed by atoms with Gasteiger partial charge in [0.25, 0.3) is 15.5 Å². The number of nitro groups is 2. The molecule has 3 rings (SSSR count). The minimum atomic E-state index is -4.42. The minimum absolute atomic E-state index is 0.0451. The summed E-state index contributed by atoms with van der Waals surface area (Å²) < 4.78 is 27.2. The number of carbonyl (C=O) groups is 1. The van der Waals surface area contributed by atoms with Crippen LogP contribution in [-0.4, -0.2) is 92.2 Å². The number of aromatic nitrogens is 2. The number of amides is 1. The van der Waals surface area contributed by atoms with E-state index in [1.54, 1.807) is 4.90 Å². The fraction of sp³-hybridized carbons (Fsp3) is 0.444. The predicted molar refractivity (Wildman–Crippen MR) is 114 cm³/mol. The van der Waals surface area contributed by atoms with Gasteiger partial charge < -0.3 is 25.2 Å². The lowest BCUT2D eigenvalue weighted by molar-refractivity contribution is -0.389. The Labute approximate surface area is 193 Å². The molecular weight excluding hydrogens is 476 g/mol. The summed E-state index contributed by atoms with van der Waals surface area (Å²) in [7, 11) is -4.42. The number of hydrogen-bond acceptors (Lipinski definition) is 10. The van der Waals surface area contributed by atoms with Crippen molar-refractivity contribution in [1.29, 1.82) is 0 Å². The standard InChI is InChI=1S/C18H22N6O9S/c1-18(27,11-20-6-8-21(9-7-20)17(25)26)12-22-10-15(24(30)31)19-16(22)34(32,33)14-4-2-13(3-5-14)23(28)29/h2-5,10,27H,6-9,11-12H2,1H3,(H,25,26)/t18-/m0/s1. The van der Waals surface area contributed by atoms with Crippen LogP contribution in [-0.2, 0) is 16.4 Å². The molecule has 1 aliphatic heterocycles. The molecule has 0 saturated carbocycles. The number of sulfone groups is 1. The van der Waals surface area contributed by atoms with Gasteiger partial charge in [-0.05, 0) is 29.0 Å². The number of hydrogen-bond donors (Lipinski definition) is 2. The molecule has 2 N–H and O–H groups in total. The van der Waals surface area contributed by atoms with E-state index in [1.165, 1.54) is 11.8 Å². The van der Waals surface area contributed by atoms with E-state index in [4.69, 9.17) is 5.11 Å². The van der Waals surface area contributed by atoms with Crippen LogP contribution in [0.4, 0.5) is 16.3 Å². The smallest absolute Gasteiger partial charge is 0.407 e. The van der Waals surface area contributed by atoms with Gasteiger partial charge in [-0.3, -0.25) is 19.6 Å². The molecule has 1 amide bonds. The normalized spacial score (nSPS) is 16.7. The van der Waals surface area contributed by atoms with Crippen molar-refractivity contribution in [2.45, 2.75) is 29.1 Å². The summed E-state index contributed by atoms with van der Waals surface area (Å²) >= 11 is 0. The average molecular weight is 498 g/mol.